The Bertz CT molecular complexity index is 1220. The molecule has 1 saturated carbocycles. The van der Waals surface area contributed by atoms with Crippen molar-refractivity contribution >= 4 is 40.7 Å². The lowest BCUT2D eigenvalue weighted by atomic mass is 9.98. The molecule has 0 radical (unpaired) electrons. The van der Waals surface area contributed by atoms with Crippen LogP contribution in [0.25, 0.3) is 11.4 Å². The van der Waals surface area contributed by atoms with Gasteiger partial charge in [-0.2, -0.15) is 0 Å². The number of hydrogen-bond acceptors (Lipinski definition) is 5. The van der Waals surface area contributed by atoms with Crippen molar-refractivity contribution in [3.63, 3.8) is 0 Å². The predicted molar refractivity (Wildman–Crippen MR) is 131 cm³/mol. The number of ketones is 1. The van der Waals surface area contributed by atoms with Gasteiger partial charge < -0.3 is 5.32 Å². The molecule has 1 amide bonds. The second-order valence-corrected chi connectivity index (χ2v) is 10.4. The number of anilines is 1. The first-order valence-corrected chi connectivity index (χ1v) is 12.6. The van der Waals surface area contributed by atoms with E-state index in [2.05, 4.69) is 20.1 Å². The van der Waals surface area contributed by atoms with E-state index < -0.39 is 0 Å². The summed E-state index contributed by atoms with van der Waals surface area (Å²) in [5, 5.41) is 12.9. The maximum atomic E-state index is 13.3. The zero-order chi connectivity index (χ0) is 22.9. The predicted octanol–water partition coefficient (Wildman–Crippen LogP) is 5.96. The molecule has 1 aliphatic carbocycles. The summed E-state index contributed by atoms with van der Waals surface area (Å²) in [6.07, 6.45) is 5.60. The van der Waals surface area contributed by atoms with Gasteiger partial charge in [0, 0.05) is 29.3 Å². The first-order chi connectivity index (χ1) is 16.0. The van der Waals surface area contributed by atoms with E-state index in [4.69, 9.17) is 11.6 Å². The van der Waals surface area contributed by atoms with Crippen molar-refractivity contribution in [3.05, 3.63) is 58.6 Å². The fraction of sp³-hybridized carbons (Fsp3) is 0.360. The van der Waals surface area contributed by atoms with Crippen molar-refractivity contribution in [1.82, 2.24) is 14.8 Å². The standard InChI is InChI=1S/C25H25ClN4O2S/c1-15(23(32)17-10-12-21-16(14-17)11-13-22(31)27-21)33-25-29-28-24(19-8-4-5-9-20(19)26)30(25)18-6-2-3-7-18/h4-5,8-10,12,14-15,18H,2-3,6-7,11,13H2,1H3,(H,27,31). The highest BCUT2D eigenvalue weighted by molar-refractivity contribution is 8.00. The Morgan fingerprint density at radius 1 is 1.15 bits per heavy atom. The van der Waals surface area contributed by atoms with Crippen LogP contribution in [-0.4, -0.2) is 31.7 Å². The van der Waals surface area contributed by atoms with Gasteiger partial charge in [0.15, 0.2) is 16.8 Å². The Hall–Kier alpha value is -2.64. The number of Topliss-reactive ketones (excluding diaryl/α,β-unsaturated/α-hetero) is 1. The lowest BCUT2D eigenvalue weighted by molar-refractivity contribution is -0.116. The molecule has 33 heavy (non-hydrogen) atoms. The number of carbonyl (C=O) groups excluding carboxylic acids is 2. The topological polar surface area (TPSA) is 76.9 Å². The number of fused-ring (bicyclic) bond motifs is 1. The molecule has 0 bridgehead atoms. The number of carbonyl (C=O) groups is 2. The molecule has 3 aromatic rings. The number of thioether (sulfide) groups is 1. The minimum atomic E-state index is -0.329. The molecule has 2 aliphatic rings. The number of nitrogens with one attached hydrogen (secondary N) is 1. The van der Waals surface area contributed by atoms with Crippen LogP contribution in [0.5, 0.6) is 0 Å². The number of aromatic nitrogens is 3. The summed E-state index contributed by atoms with van der Waals surface area (Å²) in [5.74, 6) is 0.824. The number of nitrogens with zero attached hydrogens (tertiary/aromatic N) is 3. The SMILES string of the molecule is CC(Sc1nnc(-c2ccccc2Cl)n1C1CCCC1)C(=O)c1ccc2c(c1)CCC(=O)N2. The second-order valence-electron chi connectivity index (χ2n) is 8.64. The molecule has 5 rings (SSSR count). The van der Waals surface area contributed by atoms with E-state index in [-0.39, 0.29) is 16.9 Å². The minimum Gasteiger partial charge on any atom is -0.326 e. The molecule has 2 heterocycles. The van der Waals surface area contributed by atoms with Crippen LogP contribution in [-0.2, 0) is 11.2 Å². The van der Waals surface area contributed by atoms with Crippen molar-refractivity contribution in [1.29, 1.82) is 0 Å². The molecular formula is C25H25ClN4O2S. The van der Waals surface area contributed by atoms with Gasteiger partial charge in [0.25, 0.3) is 0 Å². The van der Waals surface area contributed by atoms with E-state index in [0.29, 0.717) is 29.5 Å². The van der Waals surface area contributed by atoms with Gasteiger partial charge in [-0.1, -0.05) is 48.3 Å². The summed E-state index contributed by atoms with van der Waals surface area (Å²) in [6, 6.07) is 13.5. The molecule has 0 spiro atoms. The number of amides is 1. The highest BCUT2D eigenvalue weighted by atomic mass is 35.5. The third kappa shape index (κ3) is 4.44. The van der Waals surface area contributed by atoms with Crippen molar-refractivity contribution in [2.45, 2.75) is 61.9 Å². The number of rotatable bonds is 6. The third-order valence-electron chi connectivity index (χ3n) is 6.41. The van der Waals surface area contributed by atoms with Crippen LogP contribution in [0.15, 0.2) is 47.6 Å². The Morgan fingerprint density at radius 2 is 1.94 bits per heavy atom. The number of hydrogen-bond donors (Lipinski definition) is 1. The van der Waals surface area contributed by atoms with Gasteiger partial charge in [-0.25, -0.2) is 0 Å². The fourth-order valence-corrected chi connectivity index (χ4v) is 5.87. The Kier molecular flexibility index (Phi) is 6.25. The zero-order valence-corrected chi connectivity index (χ0v) is 20.0. The Labute approximate surface area is 202 Å². The van der Waals surface area contributed by atoms with E-state index in [1.165, 1.54) is 24.6 Å². The highest BCUT2D eigenvalue weighted by Gasteiger charge is 2.28. The van der Waals surface area contributed by atoms with Crippen LogP contribution < -0.4 is 5.32 Å². The van der Waals surface area contributed by atoms with Crippen molar-refractivity contribution in [3.8, 4) is 11.4 Å². The zero-order valence-electron chi connectivity index (χ0n) is 18.4. The molecule has 1 N–H and O–H groups in total. The molecule has 1 fully saturated rings. The Morgan fingerprint density at radius 3 is 2.73 bits per heavy atom. The molecular weight excluding hydrogens is 456 g/mol. The van der Waals surface area contributed by atoms with Gasteiger partial charge in [-0.3, -0.25) is 14.2 Å². The van der Waals surface area contributed by atoms with E-state index in [9.17, 15) is 9.59 Å². The molecule has 1 aliphatic heterocycles. The van der Waals surface area contributed by atoms with Gasteiger partial charge in [0.2, 0.25) is 5.91 Å². The summed E-state index contributed by atoms with van der Waals surface area (Å²) in [5.41, 5.74) is 3.32. The molecule has 1 aromatic heterocycles. The van der Waals surface area contributed by atoms with Crippen LogP contribution in [0.3, 0.4) is 0 Å². The van der Waals surface area contributed by atoms with Gasteiger partial charge in [0.05, 0.1) is 10.3 Å². The minimum absolute atomic E-state index is 0.0195. The van der Waals surface area contributed by atoms with E-state index >= 15 is 0 Å². The molecule has 170 valence electrons. The Balaban J connectivity index is 1.42. The second kappa shape index (κ2) is 9.31. The lowest BCUT2D eigenvalue weighted by Crippen LogP contribution is -2.20. The molecule has 1 unspecified atom stereocenters. The van der Waals surface area contributed by atoms with E-state index in [1.807, 2.05) is 43.3 Å². The average Bonchev–Trinajstić information content (AvgIpc) is 3.48. The van der Waals surface area contributed by atoms with Crippen molar-refractivity contribution < 1.29 is 9.59 Å². The molecule has 8 heteroatoms. The maximum Gasteiger partial charge on any atom is 0.224 e. The normalized spacial score (nSPS) is 17.0. The summed E-state index contributed by atoms with van der Waals surface area (Å²) < 4.78 is 2.19. The quantitative estimate of drug-likeness (QED) is 0.348. The van der Waals surface area contributed by atoms with Crippen molar-refractivity contribution in [2.24, 2.45) is 0 Å². The molecule has 0 saturated heterocycles. The summed E-state index contributed by atoms with van der Waals surface area (Å²) >= 11 is 7.93. The van der Waals surface area contributed by atoms with Crippen LogP contribution in [0.4, 0.5) is 5.69 Å². The van der Waals surface area contributed by atoms with Gasteiger partial charge in [-0.15, -0.1) is 10.2 Å². The van der Waals surface area contributed by atoms with Gasteiger partial charge >= 0.3 is 0 Å². The van der Waals surface area contributed by atoms with Crippen LogP contribution in [0.2, 0.25) is 5.02 Å². The van der Waals surface area contributed by atoms with Crippen LogP contribution in [0, 0.1) is 0 Å². The fourth-order valence-electron chi connectivity index (χ4n) is 4.66. The smallest absolute Gasteiger partial charge is 0.224 e. The monoisotopic (exact) mass is 480 g/mol. The number of halogens is 1. The summed E-state index contributed by atoms with van der Waals surface area (Å²) in [6.45, 7) is 1.91. The lowest BCUT2D eigenvalue weighted by Gasteiger charge is -2.20. The maximum absolute atomic E-state index is 13.3. The number of aryl methyl sites for hydroxylation is 1. The third-order valence-corrected chi connectivity index (χ3v) is 7.79. The molecule has 1 atom stereocenters. The summed E-state index contributed by atoms with van der Waals surface area (Å²) in [7, 11) is 0. The average molecular weight is 481 g/mol. The summed E-state index contributed by atoms with van der Waals surface area (Å²) in [4.78, 5) is 24.9. The number of benzene rings is 2. The van der Waals surface area contributed by atoms with E-state index in [0.717, 1.165) is 40.6 Å². The largest absolute Gasteiger partial charge is 0.326 e. The van der Waals surface area contributed by atoms with Crippen LogP contribution >= 0.6 is 23.4 Å². The van der Waals surface area contributed by atoms with E-state index in [1.54, 1.807) is 6.07 Å². The van der Waals surface area contributed by atoms with Gasteiger partial charge in [-0.05, 0) is 62.1 Å². The molecule has 6 nitrogen and oxygen atoms in total. The first kappa shape index (κ1) is 22.2. The highest BCUT2D eigenvalue weighted by Crippen LogP contribution is 2.39. The first-order valence-electron chi connectivity index (χ1n) is 11.3. The van der Waals surface area contributed by atoms with Gasteiger partial charge in [0.1, 0.15) is 0 Å². The van der Waals surface area contributed by atoms with Crippen LogP contribution in [0.1, 0.15) is 61.0 Å². The van der Waals surface area contributed by atoms with Crippen molar-refractivity contribution in [2.75, 3.05) is 5.32 Å². The molecule has 2 aromatic carbocycles.